The Bertz CT molecular complexity index is 346. The van der Waals surface area contributed by atoms with Crippen molar-refractivity contribution in [2.45, 2.75) is 12.8 Å². The molecule has 68 valence electrons. The third kappa shape index (κ3) is 2.34. The Morgan fingerprint density at radius 2 is 2.31 bits per heavy atom. The van der Waals surface area contributed by atoms with Crippen LogP contribution in [0, 0.1) is 14.9 Å². The van der Waals surface area contributed by atoms with Gasteiger partial charge in [0.2, 0.25) is 0 Å². The highest BCUT2D eigenvalue weighted by Crippen LogP contribution is 2.24. The molecule has 0 atom stereocenters. The van der Waals surface area contributed by atoms with E-state index in [4.69, 9.17) is 5.26 Å². The lowest BCUT2D eigenvalue weighted by atomic mass is 10.1. The van der Waals surface area contributed by atoms with E-state index in [0.29, 0.717) is 9.13 Å². The molecule has 0 N–H and O–H groups in total. The lowest BCUT2D eigenvalue weighted by molar-refractivity contribution is 0.145. The molecular weight excluding hydrogens is 289 g/mol. The van der Waals surface area contributed by atoms with Crippen molar-refractivity contribution in [2.24, 2.45) is 0 Å². The minimum absolute atomic E-state index is 0.0220. The maximum Gasteiger partial charge on any atom is 0.280 e. The van der Waals surface area contributed by atoms with Crippen molar-refractivity contribution < 1.29 is 8.78 Å². The molecule has 0 unspecified atom stereocenters. The van der Waals surface area contributed by atoms with Crippen LogP contribution in [-0.2, 0) is 6.42 Å². The third-order valence-corrected chi connectivity index (χ3v) is 2.51. The van der Waals surface area contributed by atoms with Gasteiger partial charge in [0.05, 0.1) is 12.5 Å². The number of halogens is 3. The Labute approximate surface area is 87.7 Å². The van der Waals surface area contributed by atoms with E-state index in [-0.39, 0.29) is 12.1 Å². The standard InChI is InChI=1S/C8H5F2IN2/c9-8(10)7-5(1-3-12)6(11)2-4-13-7/h2,4,8H,1H2. The van der Waals surface area contributed by atoms with Gasteiger partial charge >= 0.3 is 0 Å². The van der Waals surface area contributed by atoms with Gasteiger partial charge in [-0.05, 0) is 28.7 Å². The Kier molecular flexibility index (Phi) is 3.54. The van der Waals surface area contributed by atoms with Gasteiger partial charge in [0, 0.05) is 15.3 Å². The van der Waals surface area contributed by atoms with E-state index in [1.807, 2.05) is 28.7 Å². The lowest BCUT2D eigenvalue weighted by Gasteiger charge is -2.05. The Morgan fingerprint density at radius 1 is 1.62 bits per heavy atom. The fourth-order valence-electron chi connectivity index (χ4n) is 0.926. The van der Waals surface area contributed by atoms with Crippen LogP contribution in [0.2, 0.25) is 0 Å². The highest BCUT2D eigenvalue weighted by atomic mass is 127. The average molecular weight is 294 g/mol. The van der Waals surface area contributed by atoms with E-state index in [1.54, 1.807) is 6.07 Å². The molecule has 0 spiro atoms. The minimum Gasteiger partial charge on any atom is -0.255 e. The van der Waals surface area contributed by atoms with Crippen LogP contribution in [0.4, 0.5) is 8.78 Å². The maximum absolute atomic E-state index is 12.4. The van der Waals surface area contributed by atoms with Gasteiger partial charge in [-0.3, -0.25) is 4.98 Å². The summed E-state index contributed by atoms with van der Waals surface area (Å²) in [7, 11) is 0. The number of pyridine rings is 1. The maximum atomic E-state index is 12.4. The molecule has 0 amide bonds. The van der Waals surface area contributed by atoms with Crippen LogP contribution < -0.4 is 0 Å². The summed E-state index contributed by atoms with van der Waals surface area (Å²) in [6, 6.07) is 3.45. The molecule has 0 fully saturated rings. The molecule has 0 aliphatic heterocycles. The first kappa shape index (κ1) is 10.3. The van der Waals surface area contributed by atoms with Crippen molar-refractivity contribution in [3.63, 3.8) is 0 Å². The summed E-state index contributed by atoms with van der Waals surface area (Å²) in [5.74, 6) is 0. The molecule has 0 aliphatic rings. The second kappa shape index (κ2) is 4.46. The van der Waals surface area contributed by atoms with Crippen LogP contribution in [0.15, 0.2) is 12.3 Å². The van der Waals surface area contributed by atoms with E-state index in [9.17, 15) is 8.78 Å². The zero-order valence-electron chi connectivity index (χ0n) is 6.47. The van der Waals surface area contributed by atoms with Gasteiger partial charge in [0.25, 0.3) is 6.43 Å². The van der Waals surface area contributed by atoms with Gasteiger partial charge in [-0.2, -0.15) is 5.26 Å². The molecule has 5 heteroatoms. The predicted octanol–water partition coefficient (Wildman–Crippen LogP) is 2.69. The second-order valence-electron chi connectivity index (χ2n) is 2.29. The zero-order valence-corrected chi connectivity index (χ0v) is 8.62. The zero-order chi connectivity index (χ0) is 9.84. The van der Waals surface area contributed by atoms with Gasteiger partial charge < -0.3 is 0 Å². The van der Waals surface area contributed by atoms with E-state index in [2.05, 4.69) is 4.98 Å². The molecule has 0 saturated carbocycles. The molecule has 0 aromatic carbocycles. The Hall–Kier alpha value is -0.770. The highest BCUT2D eigenvalue weighted by molar-refractivity contribution is 14.1. The number of nitriles is 1. The Morgan fingerprint density at radius 3 is 2.85 bits per heavy atom. The molecule has 0 saturated heterocycles. The van der Waals surface area contributed by atoms with Crippen LogP contribution in [0.1, 0.15) is 17.7 Å². The van der Waals surface area contributed by atoms with E-state index in [1.165, 1.54) is 6.20 Å². The molecular formula is C8H5F2IN2. The number of rotatable bonds is 2. The molecule has 1 aromatic heterocycles. The van der Waals surface area contributed by atoms with Crippen molar-refractivity contribution in [3.05, 3.63) is 27.1 Å². The number of nitrogens with zero attached hydrogens (tertiary/aromatic N) is 2. The lowest BCUT2D eigenvalue weighted by Crippen LogP contribution is -2.00. The van der Waals surface area contributed by atoms with Crippen LogP contribution in [0.25, 0.3) is 0 Å². The topological polar surface area (TPSA) is 36.7 Å². The first-order valence-electron chi connectivity index (χ1n) is 3.45. The van der Waals surface area contributed by atoms with Gasteiger partial charge in [-0.15, -0.1) is 0 Å². The number of hydrogen-bond donors (Lipinski definition) is 0. The highest BCUT2D eigenvalue weighted by Gasteiger charge is 2.16. The summed E-state index contributed by atoms with van der Waals surface area (Å²) in [6.45, 7) is 0. The molecule has 13 heavy (non-hydrogen) atoms. The summed E-state index contributed by atoms with van der Waals surface area (Å²) in [5.41, 5.74) is 0.0500. The first-order chi connectivity index (χ1) is 6.16. The number of hydrogen-bond acceptors (Lipinski definition) is 2. The number of alkyl halides is 2. The van der Waals surface area contributed by atoms with Crippen molar-refractivity contribution in [3.8, 4) is 6.07 Å². The van der Waals surface area contributed by atoms with Crippen molar-refractivity contribution in [1.29, 1.82) is 5.26 Å². The Balaban J connectivity index is 3.19. The van der Waals surface area contributed by atoms with E-state index >= 15 is 0 Å². The third-order valence-electron chi connectivity index (χ3n) is 1.49. The fourth-order valence-corrected chi connectivity index (χ4v) is 1.55. The number of aromatic nitrogens is 1. The first-order valence-corrected chi connectivity index (χ1v) is 4.53. The van der Waals surface area contributed by atoms with Gasteiger partial charge in [0.15, 0.2) is 0 Å². The summed E-state index contributed by atoms with van der Waals surface area (Å²) in [4.78, 5) is 3.55. The van der Waals surface area contributed by atoms with Crippen molar-refractivity contribution in [2.75, 3.05) is 0 Å². The van der Waals surface area contributed by atoms with Crippen molar-refractivity contribution in [1.82, 2.24) is 4.98 Å². The van der Waals surface area contributed by atoms with Gasteiger partial charge in [-0.1, -0.05) is 0 Å². The summed E-state index contributed by atoms with van der Waals surface area (Å²) < 4.78 is 25.4. The quantitative estimate of drug-likeness (QED) is 0.786. The average Bonchev–Trinajstić information content (AvgIpc) is 2.08. The second-order valence-corrected chi connectivity index (χ2v) is 3.45. The van der Waals surface area contributed by atoms with Crippen LogP contribution in [-0.4, -0.2) is 4.98 Å². The predicted molar refractivity (Wildman–Crippen MR) is 51.2 cm³/mol. The molecule has 1 rings (SSSR count). The van der Waals surface area contributed by atoms with E-state index < -0.39 is 6.43 Å². The van der Waals surface area contributed by atoms with Crippen LogP contribution in [0.5, 0.6) is 0 Å². The summed E-state index contributed by atoms with van der Waals surface area (Å²) in [5, 5.41) is 8.42. The SMILES string of the molecule is N#CCc1c(I)ccnc1C(F)F. The monoisotopic (exact) mass is 294 g/mol. The molecule has 0 bridgehead atoms. The summed E-state index contributed by atoms with van der Waals surface area (Å²) in [6.07, 6.45) is -1.31. The van der Waals surface area contributed by atoms with Crippen molar-refractivity contribution >= 4 is 22.6 Å². The fraction of sp³-hybridized carbons (Fsp3) is 0.250. The smallest absolute Gasteiger partial charge is 0.255 e. The largest absolute Gasteiger partial charge is 0.280 e. The minimum atomic E-state index is -2.61. The normalized spacial score (nSPS) is 10.1. The molecule has 2 nitrogen and oxygen atoms in total. The van der Waals surface area contributed by atoms with Gasteiger partial charge in [0.1, 0.15) is 5.69 Å². The summed E-state index contributed by atoms with van der Waals surface area (Å²) >= 11 is 1.92. The molecule has 0 aliphatic carbocycles. The molecule has 0 radical (unpaired) electrons. The van der Waals surface area contributed by atoms with Crippen LogP contribution in [0.3, 0.4) is 0 Å². The van der Waals surface area contributed by atoms with E-state index in [0.717, 1.165) is 0 Å². The van der Waals surface area contributed by atoms with Crippen LogP contribution >= 0.6 is 22.6 Å². The van der Waals surface area contributed by atoms with Gasteiger partial charge in [-0.25, -0.2) is 8.78 Å². The molecule has 1 heterocycles. The molecule has 1 aromatic rings.